The molecule has 1 amide bonds. The van der Waals surface area contributed by atoms with Crippen LogP contribution in [-0.4, -0.2) is 27.1 Å². The molecule has 3 aromatic rings. The summed E-state index contributed by atoms with van der Waals surface area (Å²) in [5.41, 5.74) is 2.62. The van der Waals surface area contributed by atoms with Gasteiger partial charge in [-0.25, -0.2) is 0 Å². The van der Waals surface area contributed by atoms with E-state index in [4.69, 9.17) is 0 Å². The van der Waals surface area contributed by atoms with E-state index >= 15 is 0 Å². The topological polar surface area (TPSA) is 38.1 Å². The van der Waals surface area contributed by atoms with E-state index in [0.29, 0.717) is 18.8 Å². The van der Waals surface area contributed by atoms with Crippen molar-refractivity contribution in [2.24, 2.45) is 7.05 Å². The Morgan fingerprint density at radius 1 is 1.09 bits per heavy atom. The standard InChI is InChI=1S/C18H19N3O/c1-3-21(13-14-9-5-4-6-10-14)18(22)17-15-11-7-8-12-16(15)20(2)19-17/h4-12H,3,13H2,1-2H3. The minimum Gasteiger partial charge on any atom is -0.333 e. The Morgan fingerprint density at radius 2 is 1.77 bits per heavy atom. The van der Waals surface area contributed by atoms with Gasteiger partial charge >= 0.3 is 0 Å². The van der Waals surface area contributed by atoms with Gasteiger partial charge in [0, 0.05) is 25.5 Å². The van der Waals surface area contributed by atoms with Crippen molar-refractivity contribution in [2.45, 2.75) is 13.5 Å². The molecule has 0 saturated carbocycles. The zero-order chi connectivity index (χ0) is 15.5. The molecule has 4 nitrogen and oxygen atoms in total. The number of aryl methyl sites for hydroxylation is 1. The van der Waals surface area contributed by atoms with Gasteiger partial charge in [0.25, 0.3) is 5.91 Å². The summed E-state index contributed by atoms with van der Waals surface area (Å²) in [6, 6.07) is 17.9. The van der Waals surface area contributed by atoms with E-state index in [0.717, 1.165) is 16.5 Å². The number of nitrogens with zero attached hydrogens (tertiary/aromatic N) is 3. The molecule has 0 spiro atoms. The molecule has 0 N–H and O–H groups in total. The van der Waals surface area contributed by atoms with Crippen LogP contribution in [0, 0.1) is 0 Å². The lowest BCUT2D eigenvalue weighted by Gasteiger charge is -2.20. The van der Waals surface area contributed by atoms with Crippen molar-refractivity contribution >= 4 is 16.8 Å². The Hall–Kier alpha value is -2.62. The predicted octanol–water partition coefficient (Wildman–Crippen LogP) is 3.24. The number of hydrogen-bond donors (Lipinski definition) is 0. The number of benzene rings is 2. The highest BCUT2D eigenvalue weighted by Gasteiger charge is 2.21. The van der Waals surface area contributed by atoms with Crippen LogP contribution in [0.2, 0.25) is 0 Å². The molecule has 0 radical (unpaired) electrons. The van der Waals surface area contributed by atoms with E-state index in [-0.39, 0.29) is 5.91 Å². The number of carbonyl (C=O) groups is 1. The molecule has 0 saturated heterocycles. The number of amides is 1. The molecule has 0 fully saturated rings. The summed E-state index contributed by atoms with van der Waals surface area (Å²) in [5, 5.41) is 5.33. The van der Waals surface area contributed by atoms with Gasteiger partial charge in [0.05, 0.1) is 5.52 Å². The number of fused-ring (bicyclic) bond motifs is 1. The summed E-state index contributed by atoms with van der Waals surface area (Å²) in [6.45, 7) is 3.24. The van der Waals surface area contributed by atoms with Gasteiger partial charge in [-0.05, 0) is 18.6 Å². The van der Waals surface area contributed by atoms with E-state index < -0.39 is 0 Å². The maximum Gasteiger partial charge on any atom is 0.275 e. The van der Waals surface area contributed by atoms with E-state index in [1.54, 1.807) is 4.68 Å². The van der Waals surface area contributed by atoms with Crippen LogP contribution in [0.3, 0.4) is 0 Å². The van der Waals surface area contributed by atoms with Gasteiger partial charge in [0.1, 0.15) is 0 Å². The average molecular weight is 293 g/mol. The van der Waals surface area contributed by atoms with Crippen molar-refractivity contribution in [3.8, 4) is 0 Å². The zero-order valence-electron chi connectivity index (χ0n) is 12.9. The SMILES string of the molecule is CCN(Cc1ccccc1)C(=O)c1nn(C)c2ccccc12. The van der Waals surface area contributed by atoms with Gasteiger partial charge in [0.2, 0.25) is 0 Å². The van der Waals surface area contributed by atoms with Crippen LogP contribution >= 0.6 is 0 Å². The summed E-state index contributed by atoms with van der Waals surface area (Å²) in [7, 11) is 1.87. The molecule has 0 unspecified atom stereocenters. The molecule has 1 heterocycles. The molecule has 4 heteroatoms. The summed E-state index contributed by atoms with van der Waals surface area (Å²) >= 11 is 0. The van der Waals surface area contributed by atoms with Crippen LogP contribution in [0.5, 0.6) is 0 Å². The van der Waals surface area contributed by atoms with Crippen LogP contribution in [0.15, 0.2) is 54.6 Å². The molecule has 0 aliphatic rings. The van der Waals surface area contributed by atoms with Crippen molar-refractivity contribution in [1.29, 1.82) is 0 Å². The highest BCUT2D eigenvalue weighted by atomic mass is 16.2. The zero-order valence-corrected chi connectivity index (χ0v) is 12.9. The number of hydrogen-bond acceptors (Lipinski definition) is 2. The molecule has 0 aliphatic carbocycles. The summed E-state index contributed by atoms with van der Waals surface area (Å²) in [4.78, 5) is 14.7. The largest absolute Gasteiger partial charge is 0.333 e. The highest BCUT2D eigenvalue weighted by molar-refractivity contribution is 6.04. The molecule has 22 heavy (non-hydrogen) atoms. The maximum atomic E-state index is 12.9. The summed E-state index contributed by atoms with van der Waals surface area (Å²) in [6.07, 6.45) is 0. The molecule has 3 rings (SSSR count). The summed E-state index contributed by atoms with van der Waals surface area (Å²) < 4.78 is 1.76. The average Bonchev–Trinajstić information content (AvgIpc) is 2.90. The number of aromatic nitrogens is 2. The first-order valence-corrected chi connectivity index (χ1v) is 7.45. The fourth-order valence-electron chi connectivity index (χ4n) is 2.65. The Kier molecular flexibility index (Phi) is 3.92. The molecule has 0 atom stereocenters. The molecular formula is C18H19N3O. The van der Waals surface area contributed by atoms with Crippen LogP contribution in [0.4, 0.5) is 0 Å². The quantitative estimate of drug-likeness (QED) is 0.740. The first-order chi connectivity index (χ1) is 10.7. The van der Waals surface area contributed by atoms with Gasteiger partial charge in [0.15, 0.2) is 5.69 Å². The Bertz CT molecular complexity index is 792. The first-order valence-electron chi connectivity index (χ1n) is 7.45. The van der Waals surface area contributed by atoms with Gasteiger partial charge in [-0.2, -0.15) is 5.10 Å². The van der Waals surface area contributed by atoms with Gasteiger partial charge < -0.3 is 4.90 Å². The van der Waals surface area contributed by atoms with E-state index in [1.807, 2.05) is 73.5 Å². The lowest BCUT2D eigenvalue weighted by atomic mass is 10.1. The maximum absolute atomic E-state index is 12.9. The highest BCUT2D eigenvalue weighted by Crippen LogP contribution is 2.19. The van der Waals surface area contributed by atoms with Crippen LogP contribution in [-0.2, 0) is 13.6 Å². The van der Waals surface area contributed by atoms with Gasteiger partial charge in [-0.3, -0.25) is 9.48 Å². The van der Waals surface area contributed by atoms with E-state index in [1.165, 1.54) is 0 Å². The molecule has 0 aliphatic heterocycles. The second-order valence-corrected chi connectivity index (χ2v) is 5.29. The van der Waals surface area contributed by atoms with Crippen molar-refractivity contribution < 1.29 is 4.79 Å². The Labute approximate surface area is 130 Å². The minimum absolute atomic E-state index is 0.0249. The number of rotatable bonds is 4. The normalized spacial score (nSPS) is 10.8. The van der Waals surface area contributed by atoms with Crippen molar-refractivity contribution in [1.82, 2.24) is 14.7 Å². The lowest BCUT2D eigenvalue weighted by Crippen LogP contribution is -2.30. The van der Waals surface area contributed by atoms with Crippen molar-refractivity contribution in [2.75, 3.05) is 6.54 Å². The third kappa shape index (κ3) is 2.60. The molecule has 2 aromatic carbocycles. The van der Waals surface area contributed by atoms with E-state index in [2.05, 4.69) is 5.10 Å². The Morgan fingerprint density at radius 3 is 2.50 bits per heavy atom. The smallest absolute Gasteiger partial charge is 0.275 e. The molecule has 112 valence electrons. The minimum atomic E-state index is -0.0249. The fraction of sp³-hybridized carbons (Fsp3) is 0.222. The fourth-order valence-corrected chi connectivity index (χ4v) is 2.65. The second kappa shape index (κ2) is 6.02. The van der Waals surface area contributed by atoms with Gasteiger partial charge in [-0.15, -0.1) is 0 Å². The number of para-hydroxylation sites is 1. The van der Waals surface area contributed by atoms with Gasteiger partial charge in [-0.1, -0.05) is 48.5 Å². The third-order valence-corrected chi connectivity index (χ3v) is 3.85. The van der Waals surface area contributed by atoms with Crippen molar-refractivity contribution in [3.05, 3.63) is 65.9 Å². The summed E-state index contributed by atoms with van der Waals surface area (Å²) in [5.74, 6) is -0.0249. The second-order valence-electron chi connectivity index (χ2n) is 5.29. The van der Waals surface area contributed by atoms with Crippen LogP contribution < -0.4 is 0 Å². The van der Waals surface area contributed by atoms with E-state index in [9.17, 15) is 4.79 Å². The van der Waals surface area contributed by atoms with Crippen LogP contribution in [0.1, 0.15) is 23.0 Å². The monoisotopic (exact) mass is 293 g/mol. The van der Waals surface area contributed by atoms with Crippen LogP contribution in [0.25, 0.3) is 10.9 Å². The number of carbonyl (C=O) groups excluding carboxylic acids is 1. The Balaban J connectivity index is 1.93. The van der Waals surface area contributed by atoms with Crippen molar-refractivity contribution in [3.63, 3.8) is 0 Å². The first kappa shape index (κ1) is 14.3. The lowest BCUT2D eigenvalue weighted by molar-refractivity contribution is 0.0747. The predicted molar refractivity (Wildman–Crippen MR) is 87.6 cm³/mol. The molecule has 1 aromatic heterocycles. The molecular weight excluding hydrogens is 274 g/mol. The third-order valence-electron chi connectivity index (χ3n) is 3.85. The molecule has 0 bridgehead atoms.